The third kappa shape index (κ3) is 40.9. The topological polar surface area (TPSA) is 119 Å². The van der Waals surface area contributed by atoms with Crippen molar-refractivity contribution in [1.29, 1.82) is 0 Å². The molecule has 0 radical (unpaired) electrons. The van der Waals surface area contributed by atoms with Crippen LogP contribution in [0.1, 0.15) is 200 Å². The van der Waals surface area contributed by atoms with Crippen molar-refractivity contribution in [3.05, 3.63) is 36.5 Å². The fourth-order valence-electron chi connectivity index (χ4n) is 5.79. The Hall–Kier alpha value is -1.73. The molecule has 0 aliphatic carbocycles. The molecular formula is C42H77O8P. The van der Waals surface area contributed by atoms with E-state index in [9.17, 15) is 14.2 Å². The number of carbonyl (C=O) groups is 2. The standard InChI is InChI=1S/C42H77O8P/c1-3-5-7-9-11-13-15-17-19-20-21-22-23-25-27-29-31-33-35-37-42(44)50-40(39-49-51(45,46)47)38-48-41(43)36-34-32-30-28-26-24-18-16-14-12-10-8-6-4-2/h11,13,17,19,21-22,40H,3-10,12,14-16,18,20,23-39H2,1-2H3,(H2,45,46,47)/b13-11-,19-17-,22-21-. The summed E-state index contributed by atoms with van der Waals surface area (Å²) in [5.74, 6) is -0.894. The predicted octanol–water partition coefficient (Wildman–Crippen LogP) is 12.6. The van der Waals surface area contributed by atoms with Gasteiger partial charge in [0.15, 0.2) is 6.10 Å². The summed E-state index contributed by atoms with van der Waals surface area (Å²) >= 11 is 0. The molecule has 0 aromatic heterocycles. The molecule has 0 saturated carbocycles. The highest BCUT2D eigenvalue weighted by Gasteiger charge is 2.22. The molecule has 0 aliphatic heterocycles. The zero-order chi connectivity index (χ0) is 37.5. The number of allylic oxidation sites excluding steroid dienone is 6. The van der Waals surface area contributed by atoms with Gasteiger partial charge in [0.25, 0.3) is 0 Å². The lowest BCUT2D eigenvalue weighted by Gasteiger charge is -2.18. The van der Waals surface area contributed by atoms with Gasteiger partial charge in [-0.25, -0.2) is 4.57 Å². The molecule has 9 heteroatoms. The second-order valence-corrected chi connectivity index (χ2v) is 15.2. The van der Waals surface area contributed by atoms with Crippen LogP contribution in [-0.4, -0.2) is 41.0 Å². The maximum atomic E-state index is 12.4. The number of carbonyl (C=O) groups excluding carboxylic acids is 2. The molecule has 1 unspecified atom stereocenters. The SMILES string of the molecule is CCCCC/C=C\C/C=C\C/C=C\CCCCCCCCC(=O)OC(COC(=O)CCCCCCCCCCCCCCCC)COP(=O)(O)O. The summed E-state index contributed by atoms with van der Waals surface area (Å²) in [5.41, 5.74) is 0. The van der Waals surface area contributed by atoms with Crippen LogP contribution in [-0.2, 0) is 28.2 Å². The highest BCUT2D eigenvalue weighted by atomic mass is 31.2. The number of hydrogen-bond donors (Lipinski definition) is 2. The van der Waals surface area contributed by atoms with Crippen LogP contribution in [0.5, 0.6) is 0 Å². The first-order chi connectivity index (χ1) is 24.8. The maximum Gasteiger partial charge on any atom is 0.469 e. The highest BCUT2D eigenvalue weighted by molar-refractivity contribution is 7.46. The first kappa shape index (κ1) is 49.3. The number of rotatable bonds is 38. The van der Waals surface area contributed by atoms with Crippen molar-refractivity contribution in [2.24, 2.45) is 0 Å². The van der Waals surface area contributed by atoms with Gasteiger partial charge in [-0.1, -0.05) is 172 Å². The van der Waals surface area contributed by atoms with Crippen molar-refractivity contribution < 1.29 is 37.9 Å². The zero-order valence-electron chi connectivity index (χ0n) is 32.8. The van der Waals surface area contributed by atoms with E-state index in [1.165, 1.54) is 96.3 Å². The fourth-order valence-corrected chi connectivity index (χ4v) is 6.15. The van der Waals surface area contributed by atoms with E-state index in [4.69, 9.17) is 19.3 Å². The van der Waals surface area contributed by atoms with Gasteiger partial charge >= 0.3 is 19.8 Å². The normalized spacial score (nSPS) is 12.8. The van der Waals surface area contributed by atoms with Gasteiger partial charge in [0.05, 0.1) is 6.61 Å². The molecular weight excluding hydrogens is 663 g/mol. The fraction of sp³-hybridized carbons (Fsp3) is 0.810. The minimum atomic E-state index is -4.75. The highest BCUT2D eigenvalue weighted by Crippen LogP contribution is 2.36. The first-order valence-electron chi connectivity index (χ1n) is 20.8. The Kier molecular flexibility index (Phi) is 36.7. The van der Waals surface area contributed by atoms with Crippen molar-refractivity contribution in [1.82, 2.24) is 0 Å². The van der Waals surface area contributed by atoms with Gasteiger partial charge in [-0.3, -0.25) is 14.1 Å². The van der Waals surface area contributed by atoms with Crippen molar-refractivity contribution in [3.63, 3.8) is 0 Å². The molecule has 0 fully saturated rings. The van der Waals surface area contributed by atoms with E-state index in [1.54, 1.807) is 0 Å². The minimum absolute atomic E-state index is 0.199. The first-order valence-corrected chi connectivity index (χ1v) is 22.3. The van der Waals surface area contributed by atoms with E-state index < -0.39 is 32.5 Å². The molecule has 0 aliphatic rings. The Morgan fingerprint density at radius 2 is 0.882 bits per heavy atom. The Balaban J connectivity index is 3.94. The van der Waals surface area contributed by atoms with Gasteiger partial charge < -0.3 is 19.3 Å². The van der Waals surface area contributed by atoms with Crippen LogP contribution in [0.15, 0.2) is 36.5 Å². The van der Waals surface area contributed by atoms with E-state index in [-0.39, 0.29) is 19.4 Å². The molecule has 51 heavy (non-hydrogen) atoms. The Bertz CT molecular complexity index is 926. The van der Waals surface area contributed by atoms with Crippen LogP contribution in [0.4, 0.5) is 0 Å². The summed E-state index contributed by atoms with van der Waals surface area (Å²) in [6.07, 6.45) is 44.3. The van der Waals surface area contributed by atoms with Crippen LogP contribution in [0.3, 0.4) is 0 Å². The second kappa shape index (κ2) is 38.0. The summed E-state index contributed by atoms with van der Waals surface area (Å²) in [6.45, 7) is 3.65. The van der Waals surface area contributed by atoms with E-state index in [2.05, 4.69) is 54.8 Å². The van der Waals surface area contributed by atoms with E-state index in [0.717, 1.165) is 70.6 Å². The third-order valence-electron chi connectivity index (χ3n) is 8.91. The van der Waals surface area contributed by atoms with Gasteiger partial charge in [-0.05, 0) is 51.4 Å². The van der Waals surface area contributed by atoms with Gasteiger partial charge in [-0.2, -0.15) is 0 Å². The van der Waals surface area contributed by atoms with Crippen molar-refractivity contribution in [3.8, 4) is 0 Å². The van der Waals surface area contributed by atoms with Gasteiger partial charge in [0.1, 0.15) is 6.61 Å². The molecule has 0 saturated heterocycles. The average Bonchev–Trinajstić information content (AvgIpc) is 3.10. The van der Waals surface area contributed by atoms with E-state index in [1.807, 2.05) is 0 Å². The predicted molar refractivity (Wildman–Crippen MR) is 211 cm³/mol. The Morgan fingerprint density at radius 1 is 0.510 bits per heavy atom. The van der Waals surface area contributed by atoms with E-state index in [0.29, 0.717) is 6.42 Å². The van der Waals surface area contributed by atoms with Crippen LogP contribution in [0, 0.1) is 0 Å². The number of phosphoric ester groups is 1. The third-order valence-corrected chi connectivity index (χ3v) is 9.40. The lowest BCUT2D eigenvalue weighted by Crippen LogP contribution is -2.29. The quantitative estimate of drug-likeness (QED) is 0.0278. The van der Waals surface area contributed by atoms with Gasteiger partial charge in [0.2, 0.25) is 0 Å². The van der Waals surface area contributed by atoms with Gasteiger partial charge in [0, 0.05) is 12.8 Å². The summed E-state index contributed by atoms with van der Waals surface area (Å²) in [4.78, 5) is 42.8. The van der Waals surface area contributed by atoms with Crippen molar-refractivity contribution in [2.45, 2.75) is 206 Å². The molecule has 2 N–H and O–H groups in total. The second-order valence-electron chi connectivity index (χ2n) is 14.0. The van der Waals surface area contributed by atoms with Gasteiger partial charge in [-0.15, -0.1) is 0 Å². The average molecular weight is 741 g/mol. The van der Waals surface area contributed by atoms with Crippen LogP contribution in [0.25, 0.3) is 0 Å². The lowest BCUT2D eigenvalue weighted by atomic mass is 10.0. The molecule has 298 valence electrons. The van der Waals surface area contributed by atoms with Crippen molar-refractivity contribution >= 4 is 19.8 Å². The number of ether oxygens (including phenoxy) is 2. The van der Waals surface area contributed by atoms with Crippen LogP contribution >= 0.6 is 7.82 Å². The number of hydrogen-bond acceptors (Lipinski definition) is 6. The lowest BCUT2D eigenvalue weighted by molar-refractivity contribution is -0.161. The van der Waals surface area contributed by atoms with E-state index >= 15 is 0 Å². The summed E-state index contributed by atoms with van der Waals surface area (Å²) in [5, 5.41) is 0. The summed E-state index contributed by atoms with van der Waals surface area (Å²) in [6, 6.07) is 0. The summed E-state index contributed by atoms with van der Waals surface area (Å²) in [7, 11) is -4.75. The Morgan fingerprint density at radius 3 is 1.35 bits per heavy atom. The molecule has 0 bridgehead atoms. The molecule has 0 spiro atoms. The van der Waals surface area contributed by atoms with Crippen molar-refractivity contribution in [2.75, 3.05) is 13.2 Å². The van der Waals surface area contributed by atoms with Crippen LogP contribution < -0.4 is 0 Å². The number of unbranched alkanes of at least 4 members (excludes halogenated alkanes) is 22. The molecule has 8 nitrogen and oxygen atoms in total. The molecule has 0 rings (SSSR count). The molecule has 0 aromatic rings. The van der Waals surface area contributed by atoms with Crippen LogP contribution in [0.2, 0.25) is 0 Å². The summed E-state index contributed by atoms with van der Waals surface area (Å²) < 4.78 is 26.4. The molecule has 0 aromatic carbocycles. The molecule has 0 amide bonds. The Labute approximate surface area is 312 Å². The zero-order valence-corrected chi connectivity index (χ0v) is 33.6. The number of esters is 2. The smallest absolute Gasteiger partial charge is 0.462 e. The largest absolute Gasteiger partial charge is 0.469 e. The molecule has 1 atom stereocenters. The molecule has 0 heterocycles. The maximum absolute atomic E-state index is 12.4. The minimum Gasteiger partial charge on any atom is -0.462 e. The number of phosphoric acid groups is 1. The monoisotopic (exact) mass is 741 g/mol.